The number of para-hydroxylation sites is 2. The fourth-order valence-electron chi connectivity index (χ4n) is 1.44. The summed E-state index contributed by atoms with van der Waals surface area (Å²) in [6.07, 6.45) is -1.21. The summed E-state index contributed by atoms with van der Waals surface area (Å²) in [6, 6.07) is 4.57. The Balaban J connectivity index is 2.72. The topological polar surface area (TPSA) is 108 Å². The van der Waals surface area contributed by atoms with Crippen LogP contribution in [-0.2, 0) is 4.79 Å². The summed E-state index contributed by atoms with van der Waals surface area (Å²) in [5.74, 6) is -0.869. The maximum absolute atomic E-state index is 11.6. The third-order valence-electron chi connectivity index (χ3n) is 2.39. The van der Waals surface area contributed by atoms with Crippen LogP contribution >= 0.6 is 0 Å². The van der Waals surface area contributed by atoms with E-state index in [0.29, 0.717) is 11.4 Å². The number of anilines is 1. The third kappa shape index (κ3) is 4.14. The second-order valence-corrected chi connectivity index (χ2v) is 3.86. The van der Waals surface area contributed by atoms with Crippen molar-refractivity contribution in [3.63, 3.8) is 0 Å². The second-order valence-electron chi connectivity index (χ2n) is 3.86. The van der Waals surface area contributed by atoms with Crippen molar-refractivity contribution in [1.29, 1.82) is 0 Å². The fourth-order valence-corrected chi connectivity index (χ4v) is 1.44. The molecule has 1 rings (SSSR count). The summed E-state index contributed by atoms with van der Waals surface area (Å²) in [4.78, 5) is 22.5. The molecule has 0 radical (unpaired) electrons. The summed E-state index contributed by atoms with van der Waals surface area (Å²) in [5, 5.41) is 22.7. The Morgan fingerprint density at radius 3 is 2.47 bits per heavy atom. The third-order valence-corrected chi connectivity index (χ3v) is 2.39. The molecule has 2 amide bonds. The molecule has 0 aliphatic heterocycles. The number of rotatable bonds is 5. The predicted octanol–water partition coefficient (Wildman–Crippen LogP) is 0.651. The number of nitrogens with one attached hydrogen (secondary N) is 2. The maximum Gasteiger partial charge on any atom is 0.328 e. The second kappa shape index (κ2) is 6.60. The first-order valence-electron chi connectivity index (χ1n) is 5.57. The Morgan fingerprint density at radius 2 is 1.95 bits per heavy atom. The van der Waals surface area contributed by atoms with Gasteiger partial charge in [0.25, 0.3) is 0 Å². The zero-order chi connectivity index (χ0) is 14.4. The van der Waals surface area contributed by atoms with Crippen molar-refractivity contribution < 1.29 is 24.5 Å². The molecular formula is C12H16N2O5. The molecule has 0 spiro atoms. The van der Waals surface area contributed by atoms with E-state index in [1.54, 1.807) is 24.3 Å². The van der Waals surface area contributed by atoms with Gasteiger partial charge in [-0.2, -0.15) is 0 Å². The van der Waals surface area contributed by atoms with Gasteiger partial charge in [0.1, 0.15) is 5.75 Å². The van der Waals surface area contributed by atoms with Gasteiger partial charge in [0.05, 0.1) is 18.9 Å². The zero-order valence-corrected chi connectivity index (χ0v) is 10.6. The molecule has 7 heteroatoms. The summed E-state index contributed by atoms with van der Waals surface area (Å²) in [5.41, 5.74) is 0.400. The van der Waals surface area contributed by atoms with Crippen LogP contribution in [0.3, 0.4) is 0 Å². The summed E-state index contributed by atoms with van der Waals surface area (Å²) in [7, 11) is 1.45. The Kier molecular flexibility index (Phi) is 5.13. The van der Waals surface area contributed by atoms with E-state index < -0.39 is 24.1 Å². The lowest BCUT2D eigenvalue weighted by molar-refractivity contribution is -0.141. The van der Waals surface area contributed by atoms with Gasteiger partial charge in [-0.3, -0.25) is 0 Å². The SMILES string of the molecule is COc1ccccc1NC(=O)N[C@H](C(=O)O)[C@@H](C)O. The van der Waals surface area contributed by atoms with Gasteiger partial charge in [0.2, 0.25) is 0 Å². The first-order valence-corrected chi connectivity index (χ1v) is 5.57. The maximum atomic E-state index is 11.6. The van der Waals surface area contributed by atoms with E-state index >= 15 is 0 Å². The van der Waals surface area contributed by atoms with Gasteiger partial charge < -0.3 is 25.6 Å². The number of benzene rings is 1. The van der Waals surface area contributed by atoms with Crippen LogP contribution < -0.4 is 15.4 Å². The van der Waals surface area contributed by atoms with Crippen LogP contribution in [-0.4, -0.2) is 41.5 Å². The highest BCUT2D eigenvalue weighted by Gasteiger charge is 2.25. The molecule has 2 atom stereocenters. The number of methoxy groups -OCH3 is 1. The number of hydrogen-bond donors (Lipinski definition) is 4. The number of carbonyl (C=O) groups excluding carboxylic acids is 1. The molecule has 7 nitrogen and oxygen atoms in total. The number of urea groups is 1. The van der Waals surface area contributed by atoms with E-state index in [4.69, 9.17) is 9.84 Å². The molecule has 0 saturated carbocycles. The highest BCUT2D eigenvalue weighted by Crippen LogP contribution is 2.22. The van der Waals surface area contributed by atoms with Gasteiger partial charge in [-0.05, 0) is 19.1 Å². The van der Waals surface area contributed by atoms with Gasteiger partial charge in [-0.25, -0.2) is 9.59 Å². The molecule has 0 heterocycles. The Bertz CT molecular complexity index is 461. The molecule has 1 aromatic rings. The number of carboxylic acids is 1. The molecule has 104 valence electrons. The van der Waals surface area contributed by atoms with Crippen molar-refractivity contribution in [1.82, 2.24) is 5.32 Å². The molecule has 0 aliphatic rings. The van der Waals surface area contributed by atoms with E-state index in [-0.39, 0.29) is 0 Å². The van der Waals surface area contributed by atoms with Crippen LogP contribution in [0.1, 0.15) is 6.92 Å². The average Bonchev–Trinajstić information content (AvgIpc) is 2.36. The number of aliphatic carboxylic acids is 1. The minimum absolute atomic E-state index is 0.400. The molecule has 0 bridgehead atoms. The lowest BCUT2D eigenvalue weighted by atomic mass is 10.2. The lowest BCUT2D eigenvalue weighted by Gasteiger charge is -2.18. The van der Waals surface area contributed by atoms with Crippen LogP contribution in [0, 0.1) is 0 Å². The van der Waals surface area contributed by atoms with Crippen LogP contribution in [0.4, 0.5) is 10.5 Å². The zero-order valence-electron chi connectivity index (χ0n) is 10.6. The van der Waals surface area contributed by atoms with Crippen molar-refractivity contribution >= 4 is 17.7 Å². The molecule has 0 fully saturated rings. The number of aliphatic hydroxyl groups excluding tert-OH is 1. The van der Waals surface area contributed by atoms with E-state index in [2.05, 4.69) is 10.6 Å². The Morgan fingerprint density at radius 1 is 1.32 bits per heavy atom. The molecule has 0 aromatic heterocycles. The Hall–Kier alpha value is -2.28. The van der Waals surface area contributed by atoms with Crippen molar-refractivity contribution in [2.75, 3.05) is 12.4 Å². The van der Waals surface area contributed by atoms with Gasteiger partial charge >= 0.3 is 12.0 Å². The van der Waals surface area contributed by atoms with Crippen LogP contribution in [0.15, 0.2) is 24.3 Å². The van der Waals surface area contributed by atoms with Gasteiger partial charge in [-0.1, -0.05) is 12.1 Å². The van der Waals surface area contributed by atoms with E-state index in [9.17, 15) is 14.7 Å². The minimum atomic E-state index is -1.38. The quantitative estimate of drug-likeness (QED) is 0.627. The van der Waals surface area contributed by atoms with Gasteiger partial charge in [0.15, 0.2) is 6.04 Å². The lowest BCUT2D eigenvalue weighted by Crippen LogP contribution is -2.49. The number of ether oxygens (including phenoxy) is 1. The highest BCUT2D eigenvalue weighted by atomic mass is 16.5. The largest absolute Gasteiger partial charge is 0.495 e. The number of carboxylic acid groups (broad SMARTS) is 1. The number of carbonyl (C=O) groups is 2. The van der Waals surface area contributed by atoms with Crippen LogP contribution in [0.5, 0.6) is 5.75 Å². The fraction of sp³-hybridized carbons (Fsp3) is 0.333. The first kappa shape index (κ1) is 14.8. The van der Waals surface area contributed by atoms with Crippen molar-refractivity contribution in [3.05, 3.63) is 24.3 Å². The van der Waals surface area contributed by atoms with E-state index in [1.807, 2.05) is 0 Å². The summed E-state index contributed by atoms with van der Waals surface area (Å²) < 4.78 is 5.04. The van der Waals surface area contributed by atoms with Crippen molar-refractivity contribution in [3.8, 4) is 5.75 Å². The van der Waals surface area contributed by atoms with Gasteiger partial charge in [-0.15, -0.1) is 0 Å². The molecule has 0 saturated heterocycles. The van der Waals surface area contributed by atoms with Crippen LogP contribution in [0.2, 0.25) is 0 Å². The molecule has 19 heavy (non-hydrogen) atoms. The van der Waals surface area contributed by atoms with Crippen molar-refractivity contribution in [2.45, 2.75) is 19.1 Å². The molecular weight excluding hydrogens is 252 g/mol. The predicted molar refractivity (Wildman–Crippen MR) is 68.3 cm³/mol. The Labute approximate surface area is 110 Å². The molecule has 0 aliphatic carbocycles. The monoisotopic (exact) mass is 268 g/mol. The number of amides is 2. The van der Waals surface area contributed by atoms with E-state index in [0.717, 1.165) is 0 Å². The molecule has 1 aromatic carbocycles. The highest BCUT2D eigenvalue weighted by molar-refractivity contribution is 5.93. The van der Waals surface area contributed by atoms with Gasteiger partial charge in [0, 0.05) is 0 Å². The molecule has 0 unspecified atom stereocenters. The smallest absolute Gasteiger partial charge is 0.328 e. The van der Waals surface area contributed by atoms with Crippen molar-refractivity contribution in [2.24, 2.45) is 0 Å². The summed E-state index contributed by atoms with van der Waals surface area (Å²) >= 11 is 0. The average molecular weight is 268 g/mol. The first-order chi connectivity index (χ1) is 8.95. The minimum Gasteiger partial charge on any atom is -0.495 e. The number of aliphatic hydroxyl groups is 1. The normalized spacial score (nSPS) is 13.2. The van der Waals surface area contributed by atoms with Crippen LogP contribution in [0.25, 0.3) is 0 Å². The van der Waals surface area contributed by atoms with E-state index in [1.165, 1.54) is 14.0 Å². The molecule has 4 N–H and O–H groups in total. The summed E-state index contributed by atoms with van der Waals surface area (Å²) in [6.45, 7) is 1.28. The number of hydrogen-bond acceptors (Lipinski definition) is 4. The standard InChI is InChI=1S/C12H16N2O5/c1-7(15)10(11(16)17)14-12(18)13-8-5-3-4-6-9(8)19-2/h3-7,10,15H,1-2H3,(H,16,17)(H2,13,14,18)/t7-,10+/m1/s1.